The molecule has 7 nitrogen and oxygen atoms in total. The molecular formula is C17H14F4N6O. The zero-order valence-electron chi connectivity index (χ0n) is 14.3. The number of anilines is 1. The minimum absolute atomic E-state index is 0.0435. The number of halogens is 4. The fraction of sp³-hybridized carbons (Fsp3) is 0.294. The molecule has 1 aromatic carbocycles. The van der Waals surface area contributed by atoms with Crippen LogP contribution in [-0.4, -0.2) is 30.2 Å². The van der Waals surface area contributed by atoms with Crippen molar-refractivity contribution in [3.63, 3.8) is 0 Å². The molecule has 0 saturated heterocycles. The van der Waals surface area contributed by atoms with Crippen LogP contribution in [0.1, 0.15) is 17.9 Å². The molecule has 1 aliphatic heterocycles. The van der Waals surface area contributed by atoms with Gasteiger partial charge in [-0.05, 0) is 24.6 Å². The minimum Gasteiger partial charge on any atom is -0.326 e. The van der Waals surface area contributed by atoms with E-state index >= 15 is 0 Å². The van der Waals surface area contributed by atoms with Crippen LogP contribution in [-0.2, 0) is 23.9 Å². The Labute approximate surface area is 156 Å². The molecule has 3 heterocycles. The fourth-order valence-electron chi connectivity index (χ4n) is 3.26. The summed E-state index contributed by atoms with van der Waals surface area (Å²) < 4.78 is 55.4. The summed E-state index contributed by atoms with van der Waals surface area (Å²) in [7, 11) is 0. The number of rotatable bonds is 3. The Hall–Kier alpha value is -3.24. The van der Waals surface area contributed by atoms with E-state index in [0.29, 0.717) is 5.69 Å². The van der Waals surface area contributed by atoms with Crippen molar-refractivity contribution in [2.45, 2.75) is 25.6 Å². The van der Waals surface area contributed by atoms with E-state index in [0.717, 1.165) is 16.8 Å². The van der Waals surface area contributed by atoms with Crippen LogP contribution < -0.4 is 5.32 Å². The lowest BCUT2D eigenvalue weighted by atomic mass is 9.95. The van der Waals surface area contributed by atoms with E-state index in [4.69, 9.17) is 0 Å². The fourth-order valence-corrected chi connectivity index (χ4v) is 3.26. The van der Waals surface area contributed by atoms with Gasteiger partial charge < -0.3 is 9.88 Å². The van der Waals surface area contributed by atoms with Crippen LogP contribution in [0.15, 0.2) is 37.1 Å². The number of hydrogen-bond acceptors (Lipinski definition) is 4. The van der Waals surface area contributed by atoms with E-state index in [1.807, 2.05) is 0 Å². The third kappa shape index (κ3) is 3.35. The lowest BCUT2D eigenvalue weighted by Gasteiger charge is -2.24. The summed E-state index contributed by atoms with van der Waals surface area (Å²) in [6.07, 6.45) is -0.401. The molecule has 0 unspecified atom stereocenters. The normalized spacial score (nSPS) is 16.6. The average molecular weight is 394 g/mol. The summed E-state index contributed by atoms with van der Waals surface area (Å²) in [6.45, 7) is 0.0435. The number of aromatic nitrogens is 5. The summed E-state index contributed by atoms with van der Waals surface area (Å²) >= 11 is 0. The number of imidazole rings is 1. The van der Waals surface area contributed by atoms with Crippen molar-refractivity contribution in [1.29, 1.82) is 0 Å². The molecule has 0 spiro atoms. The number of nitrogens with zero attached hydrogens (tertiary/aromatic N) is 5. The van der Waals surface area contributed by atoms with Crippen molar-refractivity contribution in [1.82, 2.24) is 24.3 Å². The minimum atomic E-state index is -4.53. The van der Waals surface area contributed by atoms with Gasteiger partial charge in [-0.25, -0.2) is 19.0 Å². The smallest absolute Gasteiger partial charge is 0.326 e. The van der Waals surface area contributed by atoms with E-state index in [2.05, 4.69) is 20.4 Å². The number of nitrogens with one attached hydrogen (secondary N) is 1. The lowest BCUT2D eigenvalue weighted by Crippen LogP contribution is -2.31. The van der Waals surface area contributed by atoms with Gasteiger partial charge in [0.2, 0.25) is 11.7 Å². The Morgan fingerprint density at radius 3 is 2.79 bits per heavy atom. The highest BCUT2D eigenvalue weighted by atomic mass is 19.4. The Bertz CT molecular complexity index is 1010. The van der Waals surface area contributed by atoms with Gasteiger partial charge in [0.05, 0.1) is 0 Å². The molecule has 4 rings (SSSR count). The maximum absolute atomic E-state index is 14.3. The first-order chi connectivity index (χ1) is 13.3. The van der Waals surface area contributed by atoms with E-state index in [9.17, 15) is 22.4 Å². The molecule has 11 heteroatoms. The third-order valence-corrected chi connectivity index (χ3v) is 4.60. The molecule has 0 fully saturated rings. The van der Waals surface area contributed by atoms with Crippen molar-refractivity contribution in [3.05, 3.63) is 54.4 Å². The summed E-state index contributed by atoms with van der Waals surface area (Å²) in [4.78, 5) is 19.7. The molecule has 0 aliphatic carbocycles. The van der Waals surface area contributed by atoms with Crippen molar-refractivity contribution in [2.24, 2.45) is 5.92 Å². The van der Waals surface area contributed by atoms with Gasteiger partial charge in [0.1, 0.15) is 18.3 Å². The van der Waals surface area contributed by atoms with E-state index in [1.165, 1.54) is 29.5 Å². The number of carbonyl (C=O) groups is 1. The van der Waals surface area contributed by atoms with Crippen molar-refractivity contribution in [3.8, 4) is 5.69 Å². The second-order valence-corrected chi connectivity index (χ2v) is 6.41. The van der Waals surface area contributed by atoms with Crippen molar-refractivity contribution in [2.75, 3.05) is 5.32 Å². The Morgan fingerprint density at radius 1 is 1.29 bits per heavy atom. The van der Waals surface area contributed by atoms with Gasteiger partial charge in [0.15, 0.2) is 5.82 Å². The molecule has 2 aromatic heterocycles. The summed E-state index contributed by atoms with van der Waals surface area (Å²) in [5.41, 5.74) is 0.782. The highest BCUT2D eigenvalue weighted by molar-refractivity contribution is 5.92. The van der Waals surface area contributed by atoms with Gasteiger partial charge in [-0.3, -0.25) is 4.79 Å². The topological polar surface area (TPSA) is 77.6 Å². The van der Waals surface area contributed by atoms with Gasteiger partial charge in [-0.1, -0.05) is 0 Å². The van der Waals surface area contributed by atoms with E-state index in [-0.39, 0.29) is 36.7 Å². The largest absolute Gasteiger partial charge is 0.449 e. The summed E-state index contributed by atoms with van der Waals surface area (Å²) in [5.74, 6) is -2.45. The second kappa shape index (κ2) is 6.73. The molecule has 28 heavy (non-hydrogen) atoms. The van der Waals surface area contributed by atoms with Crippen LogP contribution in [0.4, 0.5) is 23.2 Å². The molecule has 0 saturated carbocycles. The maximum Gasteiger partial charge on any atom is 0.449 e. The molecule has 1 atom stereocenters. The molecule has 1 aliphatic rings. The first-order valence-electron chi connectivity index (χ1n) is 8.40. The maximum atomic E-state index is 14.3. The number of hydrogen-bond donors (Lipinski definition) is 1. The Kier molecular flexibility index (Phi) is 4.36. The molecule has 3 aromatic rings. The van der Waals surface area contributed by atoms with Crippen LogP contribution in [0, 0.1) is 11.7 Å². The van der Waals surface area contributed by atoms with E-state index < -0.39 is 23.7 Å². The van der Waals surface area contributed by atoms with Gasteiger partial charge in [-0.15, -0.1) is 0 Å². The standard InChI is InChI=1S/C17H14F4N6O/c18-13-6-11(1-2-14(13)27-9-22-8-24-27)25-15(28)10-3-4-26-12(5-10)7-23-16(26)17(19,20)21/h1-2,6-10H,3-5H2,(H,25,28)/t10-/m1/s1. The summed E-state index contributed by atoms with van der Waals surface area (Å²) in [6, 6.07) is 4.13. The second-order valence-electron chi connectivity index (χ2n) is 6.41. The summed E-state index contributed by atoms with van der Waals surface area (Å²) in [5, 5.41) is 6.46. The van der Waals surface area contributed by atoms with Crippen molar-refractivity contribution >= 4 is 11.6 Å². The number of alkyl halides is 3. The molecule has 0 bridgehead atoms. The monoisotopic (exact) mass is 394 g/mol. The van der Waals surface area contributed by atoms with Crippen molar-refractivity contribution < 1.29 is 22.4 Å². The quantitative estimate of drug-likeness (QED) is 0.693. The van der Waals surface area contributed by atoms with Crippen LogP contribution in [0.5, 0.6) is 0 Å². The highest BCUT2D eigenvalue weighted by Gasteiger charge is 2.39. The number of carbonyl (C=O) groups excluding carboxylic acids is 1. The predicted octanol–water partition coefficient (Wildman–Crippen LogP) is 2.82. The van der Waals surface area contributed by atoms with Crippen LogP contribution in [0.3, 0.4) is 0 Å². The molecule has 0 radical (unpaired) electrons. The molecule has 1 amide bonds. The van der Waals surface area contributed by atoms with Gasteiger partial charge in [0, 0.05) is 36.5 Å². The first kappa shape index (κ1) is 18.1. The zero-order valence-corrected chi connectivity index (χ0v) is 14.3. The van der Waals surface area contributed by atoms with E-state index in [1.54, 1.807) is 0 Å². The third-order valence-electron chi connectivity index (χ3n) is 4.60. The molecule has 1 N–H and O–H groups in total. The van der Waals surface area contributed by atoms with Crippen LogP contribution in [0.2, 0.25) is 0 Å². The van der Waals surface area contributed by atoms with Gasteiger partial charge in [-0.2, -0.15) is 18.3 Å². The Morgan fingerprint density at radius 2 is 2.11 bits per heavy atom. The van der Waals surface area contributed by atoms with Gasteiger partial charge in [0.25, 0.3) is 0 Å². The molecular weight excluding hydrogens is 380 g/mol. The van der Waals surface area contributed by atoms with Crippen LogP contribution in [0.25, 0.3) is 5.69 Å². The molecule has 146 valence electrons. The SMILES string of the molecule is O=C(Nc1ccc(-n2cncn2)c(F)c1)[C@@H]1CCn2c(cnc2C(F)(F)F)C1. The number of benzene rings is 1. The zero-order chi connectivity index (χ0) is 19.9. The van der Waals surface area contributed by atoms with Crippen LogP contribution >= 0.6 is 0 Å². The predicted molar refractivity (Wildman–Crippen MR) is 89.0 cm³/mol. The average Bonchev–Trinajstić information content (AvgIpc) is 3.30. The highest BCUT2D eigenvalue weighted by Crippen LogP contribution is 2.32. The first-order valence-corrected chi connectivity index (χ1v) is 8.40. The van der Waals surface area contributed by atoms with Gasteiger partial charge >= 0.3 is 6.18 Å². The number of amides is 1. The Balaban J connectivity index is 1.46. The number of fused-ring (bicyclic) bond motifs is 1. The lowest BCUT2D eigenvalue weighted by molar-refractivity contribution is -0.147.